The van der Waals surface area contributed by atoms with E-state index in [1.807, 2.05) is 29.8 Å². The van der Waals surface area contributed by atoms with Gasteiger partial charge < -0.3 is 14.4 Å². The Morgan fingerprint density at radius 3 is 2.89 bits per heavy atom. The lowest BCUT2D eigenvalue weighted by molar-refractivity contribution is 0.161. The van der Waals surface area contributed by atoms with Crippen molar-refractivity contribution >= 4 is 5.57 Å². The monoisotopic (exact) mass is 256 g/mol. The van der Waals surface area contributed by atoms with Crippen molar-refractivity contribution in [1.82, 2.24) is 9.55 Å². The molecule has 0 amide bonds. The first kappa shape index (κ1) is 12.0. The molecule has 2 heterocycles. The van der Waals surface area contributed by atoms with Crippen LogP contribution >= 0.6 is 0 Å². The van der Waals surface area contributed by atoms with E-state index in [2.05, 4.69) is 11.1 Å². The molecule has 19 heavy (non-hydrogen) atoms. The molecule has 1 N–H and O–H groups in total. The third kappa shape index (κ3) is 2.15. The summed E-state index contributed by atoms with van der Waals surface area (Å²) in [6.07, 6.45) is 4.76. The molecule has 0 saturated carbocycles. The van der Waals surface area contributed by atoms with Crippen LogP contribution in [0.4, 0.5) is 0 Å². The van der Waals surface area contributed by atoms with E-state index in [0.29, 0.717) is 6.61 Å². The lowest BCUT2D eigenvalue weighted by Crippen LogP contribution is -2.07. The Hall–Kier alpha value is -2.07. The lowest BCUT2D eigenvalue weighted by Gasteiger charge is -2.14. The summed E-state index contributed by atoms with van der Waals surface area (Å²) in [5.41, 5.74) is 2.92. The molecule has 1 aromatic heterocycles. The van der Waals surface area contributed by atoms with Crippen molar-refractivity contribution in [3.63, 3.8) is 0 Å². The number of ether oxygens (including phenoxy) is 1. The number of phenols is 1. The number of hydrogen-bond acceptors (Lipinski definition) is 3. The molecule has 2 aromatic rings. The van der Waals surface area contributed by atoms with Crippen LogP contribution in [0.15, 0.2) is 36.5 Å². The van der Waals surface area contributed by atoms with Crippen molar-refractivity contribution in [2.24, 2.45) is 7.05 Å². The maximum atomic E-state index is 9.93. The fourth-order valence-corrected chi connectivity index (χ4v) is 2.38. The number of aromatic hydroxyl groups is 1. The van der Waals surface area contributed by atoms with Gasteiger partial charge >= 0.3 is 0 Å². The normalized spacial score (nSPS) is 15.3. The number of nitrogens with zero attached hydrogens (tertiary/aromatic N) is 2. The van der Waals surface area contributed by atoms with Gasteiger partial charge in [-0.15, -0.1) is 0 Å². The van der Waals surface area contributed by atoms with Gasteiger partial charge in [0.1, 0.15) is 11.6 Å². The van der Waals surface area contributed by atoms with E-state index in [0.717, 1.165) is 30.1 Å². The van der Waals surface area contributed by atoms with E-state index in [1.54, 1.807) is 12.3 Å². The molecule has 4 nitrogen and oxygen atoms in total. The Morgan fingerprint density at radius 2 is 2.16 bits per heavy atom. The molecule has 0 unspecified atom stereocenters. The van der Waals surface area contributed by atoms with E-state index < -0.39 is 0 Å². The highest BCUT2D eigenvalue weighted by Gasteiger charge is 2.15. The lowest BCUT2D eigenvalue weighted by atomic mass is 10.1. The van der Waals surface area contributed by atoms with Crippen LogP contribution in [0.3, 0.4) is 0 Å². The third-order valence-electron chi connectivity index (χ3n) is 3.42. The van der Waals surface area contributed by atoms with Crippen molar-refractivity contribution < 1.29 is 9.84 Å². The largest absolute Gasteiger partial charge is 0.507 e. The highest BCUT2D eigenvalue weighted by Crippen LogP contribution is 2.31. The van der Waals surface area contributed by atoms with E-state index >= 15 is 0 Å². The topological polar surface area (TPSA) is 47.3 Å². The molecule has 0 saturated heterocycles. The standard InChI is InChI=1S/C15H16N2O2/c1-17-13(12-4-2-3-5-14(12)18)10-16-15(17)11-6-8-19-9-7-11/h2-6,10,18H,7-9H2,1H3. The fraction of sp³-hybridized carbons (Fsp3) is 0.267. The van der Waals surface area contributed by atoms with Crippen LogP contribution in [-0.2, 0) is 11.8 Å². The van der Waals surface area contributed by atoms with E-state index in [1.165, 1.54) is 5.57 Å². The number of phenolic OH excluding ortho intramolecular Hbond substituents is 1. The maximum Gasteiger partial charge on any atom is 0.135 e. The summed E-state index contributed by atoms with van der Waals surface area (Å²) in [6.45, 7) is 1.39. The first-order valence-corrected chi connectivity index (χ1v) is 6.34. The van der Waals surface area contributed by atoms with Gasteiger partial charge in [0.25, 0.3) is 0 Å². The van der Waals surface area contributed by atoms with Crippen molar-refractivity contribution in [1.29, 1.82) is 0 Å². The molecule has 1 aromatic carbocycles. The summed E-state index contributed by atoms with van der Waals surface area (Å²) in [6, 6.07) is 7.32. The SMILES string of the molecule is Cn1c(-c2ccccc2O)cnc1C1=CCOCC1. The van der Waals surface area contributed by atoms with Crippen LogP contribution in [0.25, 0.3) is 16.8 Å². The highest BCUT2D eigenvalue weighted by molar-refractivity contribution is 5.70. The number of para-hydroxylation sites is 1. The molecule has 3 rings (SSSR count). The number of hydrogen-bond donors (Lipinski definition) is 1. The average molecular weight is 256 g/mol. The molecule has 1 aliphatic heterocycles. The van der Waals surface area contributed by atoms with Crippen molar-refractivity contribution in [2.75, 3.05) is 13.2 Å². The van der Waals surface area contributed by atoms with Gasteiger partial charge in [0, 0.05) is 12.6 Å². The van der Waals surface area contributed by atoms with Gasteiger partial charge in [-0.1, -0.05) is 18.2 Å². The molecule has 0 bridgehead atoms. The molecular weight excluding hydrogens is 240 g/mol. The molecule has 0 spiro atoms. The van der Waals surface area contributed by atoms with Crippen LogP contribution in [0, 0.1) is 0 Å². The predicted octanol–water partition coefficient (Wildman–Crippen LogP) is 2.60. The number of benzene rings is 1. The maximum absolute atomic E-state index is 9.93. The average Bonchev–Trinajstić information content (AvgIpc) is 2.82. The Kier molecular flexibility index (Phi) is 3.09. The Balaban J connectivity index is 2.04. The predicted molar refractivity (Wildman–Crippen MR) is 73.7 cm³/mol. The summed E-state index contributed by atoms with van der Waals surface area (Å²) in [4.78, 5) is 4.48. The Labute approximate surface area is 112 Å². The van der Waals surface area contributed by atoms with Crippen LogP contribution in [0.1, 0.15) is 12.2 Å². The summed E-state index contributed by atoms with van der Waals surface area (Å²) >= 11 is 0. The minimum Gasteiger partial charge on any atom is -0.507 e. The Bertz CT molecular complexity index is 629. The molecule has 0 fully saturated rings. The fourth-order valence-electron chi connectivity index (χ4n) is 2.38. The van der Waals surface area contributed by atoms with Gasteiger partial charge in [-0.25, -0.2) is 4.98 Å². The molecule has 98 valence electrons. The summed E-state index contributed by atoms with van der Waals surface area (Å²) in [7, 11) is 1.97. The van der Waals surface area contributed by atoms with E-state index in [9.17, 15) is 5.11 Å². The second-order valence-corrected chi connectivity index (χ2v) is 4.60. The van der Waals surface area contributed by atoms with Crippen LogP contribution in [0.2, 0.25) is 0 Å². The zero-order valence-corrected chi connectivity index (χ0v) is 10.8. The van der Waals surface area contributed by atoms with Gasteiger partial charge in [0.05, 0.1) is 25.1 Å². The first-order valence-electron chi connectivity index (χ1n) is 6.34. The van der Waals surface area contributed by atoms with Gasteiger partial charge in [-0.2, -0.15) is 0 Å². The second-order valence-electron chi connectivity index (χ2n) is 4.60. The number of rotatable bonds is 2. The quantitative estimate of drug-likeness (QED) is 0.898. The zero-order chi connectivity index (χ0) is 13.2. The minimum absolute atomic E-state index is 0.276. The number of aromatic nitrogens is 2. The van der Waals surface area contributed by atoms with Crippen LogP contribution in [-0.4, -0.2) is 27.9 Å². The number of imidazole rings is 1. The van der Waals surface area contributed by atoms with Crippen molar-refractivity contribution in [3.8, 4) is 17.0 Å². The van der Waals surface area contributed by atoms with Gasteiger partial charge in [0.2, 0.25) is 0 Å². The summed E-state index contributed by atoms with van der Waals surface area (Å²) < 4.78 is 7.34. The Morgan fingerprint density at radius 1 is 1.32 bits per heavy atom. The molecule has 0 aliphatic carbocycles. The zero-order valence-electron chi connectivity index (χ0n) is 10.8. The highest BCUT2D eigenvalue weighted by atomic mass is 16.5. The summed E-state index contributed by atoms with van der Waals surface area (Å²) in [5.74, 6) is 1.22. The van der Waals surface area contributed by atoms with Gasteiger partial charge in [0.15, 0.2) is 0 Å². The van der Waals surface area contributed by atoms with Crippen LogP contribution < -0.4 is 0 Å². The molecule has 0 radical (unpaired) electrons. The van der Waals surface area contributed by atoms with Gasteiger partial charge in [-0.05, 0) is 24.1 Å². The van der Waals surface area contributed by atoms with Crippen molar-refractivity contribution in [2.45, 2.75) is 6.42 Å². The first-order chi connectivity index (χ1) is 9.27. The smallest absolute Gasteiger partial charge is 0.135 e. The molecule has 0 atom stereocenters. The van der Waals surface area contributed by atoms with E-state index in [-0.39, 0.29) is 5.75 Å². The van der Waals surface area contributed by atoms with Crippen LogP contribution in [0.5, 0.6) is 5.75 Å². The summed E-state index contributed by atoms with van der Waals surface area (Å²) in [5, 5.41) is 9.93. The second kappa shape index (κ2) is 4.90. The van der Waals surface area contributed by atoms with Crippen molar-refractivity contribution in [3.05, 3.63) is 42.4 Å². The van der Waals surface area contributed by atoms with E-state index in [4.69, 9.17) is 4.74 Å². The molecular formula is C15H16N2O2. The molecule has 1 aliphatic rings. The van der Waals surface area contributed by atoms with Gasteiger partial charge in [-0.3, -0.25) is 0 Å². The minimum atomic E-state index is 0.276. The third-order valence-corrected chi connectivity index (χ3v) is 3.42. The molecule has 4 heteroatoms.